The number of amides is 1. The van der Waals surface area contributed by atoms with E-state index in [4.69, 9.17) is 0 Å². The molecular weight excluding hydrogens is 419 g/mol. The van der Waals surface area contributed by atoms with Crippen LogP contribution in [0.25, 0.3) is 27.7 Å². The molecule has 7 nitrogen and oxygen atoms in total. The summed E-state index contributed by atoms with van der Waals surface area (Å²) < 4.78 is 17.2. The van der Waals surface area contributed by atoms with Crippen molar-refractivity contribution in [3.05, 3.63) is 83.9 Å². The van der Waals surface area contributed by atoms with Crippen LogP contribution in [0.1, 0.15) is 28.9 Å². The molecule has 3 aromatic heterocycles. The molecule has 166 valence electrons. The number of anilines is 1. The Morgan fingerprint density at radius 3 is 2.70 bits per heavy atom. The van der Waals surface area contributed by atoms with Crippen LogP contribution >= 0.6 is 0 Å². The molecule has 5 rings (SSSR count). The Balaban J connectivity index is 1.50. The number of hydrogen-bond donors (Lipinski definition) is 2. The lowest BCUT2D eigenvalue weighted by molar-refractivity contribution is 0.0941. The number of hydrogen-bond acceptors (Lipinski definition) is 4. The lowest BCUT2D eigenvalue weighted by Gasteiger charge is -2.14. The van der Waals surface area contributed by atoms with Crippen LogP contribution < -0.4 is 10.6 Å². The van der Waals surface area contributed by atoms with Gasteiger partial charge in [0.1, 0.15) is 5.82 Å². The van der Waals surface area contributed by atoms with Crippen LogP contribution in [0.2, 0.25) is 0 Å². The summed E-state index contributed by atoms with van der Waals surface area (Å²) in [6.07, 6.45) is 3.69. The molecule has 2 N–H and O–H groups in total. The first-order valence-electron chi connectivity index (χ1n) is 10.6. The van der Waals surface area contributed by atoms with Crippen molar-refractivity contribution in [2.24, 2.45) is 7.05 Å². The van der Waals surface area contributed by atoms with Gasteiger partial charge >= 0.3 is 0 Å². The molecule has 2 aromatic carbocycles. The van der Waals surface area contributed by atoms with Gasteiger partial charge in [-0.05, 0) is 60.0 Å². The van der Waals surface area contributed by atoms with Gasteiger partial charge < -0.3 is 15.2 Å². The number of pyridine rings is 1. The molecule has 0 spiro atoms. The van der Waals surface area contributed by atoms with Crippen molar-refractivity contribution < 1.29 is 9.18 Å². The van der Waals surface area contributed by atoms with E-state index in [9.17, 15) is 9.18 Å². The third-order valence-electron chi connectivity index (χ3n) is 5.82. The highest BCUT2D eigenvalue weighted by Crippen LogP contribution is 2.29. The molecule has 0 bridgehead atoms. The molecule has 8 heteroatoms. The Morgan fingerprint density at radius 2 is 1.91 bits per heavy atom. The van der Waals surface area contributed by atoms with Crippen LogP contribution in [0.4, 0.5) is 10.3 Å². The SMILES string of the molecule is CNc1nc2cc(-c3ccc4c(c3)c(C(=O)N[C@@H](C)c3cccc(F)c3)cn4C)ccn2n1. The maximum absolute atomic E-state index is 13.6. The third kappa shape index (κ3) is 3.80. The Morgan fingerprint density at radius 1 is 1.09 bits per heavy atom. The van der Waals surface area contributed by atoms with Gasteiger partial charge in [-0.2, -0.15) is 4.98 Å². The van der Waals surface area contributed by atoms with E-state index in [2.05, 4.69) is 20.7 Å². The third-order valence-corrected chi connectivity index (χ3v) is 5.82. The second kappa shape index (κ2) is 8.05. The summed E-state index contributed by atoms with van der Waals surface area (Å²) in [6, 6.07) is 15.9. The summed E-state index contributed by atoms with van der Waals surface area (Å²) in [6.45, 7) is 1.84. The fraction of sp³-hybridized carbons (Fsp3) is 0.160. The Kier molecular flexibility index (Phi) is 5.05. The summed E-state index contributed by atoms with van der Waals surface area (Å²) in [4.78, 5) is 17.6. The van der Waals surface area contributed by atoms with Crippen molar-refractivity contribution in [1.29, 1.82) is 0 Å². The van der Waals surface area contributed by atoms with E-state index in [1.54, 1.807) is 23.7 Å². The predicted octanol–water partition coefficient (Wildman–Crippen LogP) is 4.56. The molecule has 0 saturated heterocycles. The van der Waals surface area contributed by atoms with Crippen molar-refractivity contribution in [1.82, 2.24) is 24.5 Å². The van der Waals surface area contributed by atoms with E-state index >= 15 is 0 Å². The average Bonchev–Trinajstić information content (AvgIpc) is 3.39. The zero-order valence-corrected chi connectivity index (χ0v) is 18.5. The number of aromatic nitrogens is 4. The molecule has 0 aliphatic rings. The van der Waals surface area contributed by atoms with E-state index in [-0.39, 0.29) is 17.8 Å². The molecule has 5 aromatic rings. The largest absolute Gasteiger partial charge is 0.356 e. The Hall–Kier alpha value is -4.20. The number of nitrogens with one attached hydrogen (secondary N) is 2. The zero-order valence-electron chi connectivity index (χ0n) is 18.5. The van der Waals surface area contributed by atoms with E-state index in [0.29, 0.717) is 17.1 Å². The second-order valence-corrected chi connectivity index (χ2v) is 8.04. The van der Waals surface area contributed by atoms with Gasteiger partial charge in [-0.3, -0.25) is 4.79 Å². The highest BCUT2D eigenvalue weighted by atomic mass is 19.1. The van der Waals surface area contributed by atoms with Crippen LogP contribution in [0, 0.1) is 5.82 Å². The monoisotopic (exact) mass is 442 g/mol. The van der Waals surface area contributed by atoms with Crippen molar-refractivity contribution in [3.63, 3.8) is 0 Å². The van der Waals surface area contributed by atoms with Crippen LogP contribution in [0.15, 0.2) is 67.0 Å². The number of carbonyl (C=O) groups is 1. The minimum absolute atomic E-state index is 0.207. The Bertz CT molecular complexity index is 1500. The summed E-state index contributed by atoms with van der Waals surface area (Å²) in [7, 11) is 3.69. The number of fused-ring (bicyclic) bond motifs is 2. The molecular formula is C25H23FN6O. The van der Waals surface area contributed by atoms with Gasteiger partial charge in [-0.15, -0.1) is 5.10 Å². The van der Waals surface area contributed by atoms with E-state index < -0.39 is 0 Å². The molecule has 1 amide bonds. The zero-order chi connectivity index (χ0) is 23.1. The highest BCUT2D eigenvalue weighted by Gasteiger charge is 2.18. The normalized spacial score (nSPS) is 12.2. The lowest BCUT2D eigenvalue weighted by atomic mass is 10.0. The van der Waals surface area contributed by atoms with Crippen LogP contribution in [0.3, 0.4) is 0 Å². The highest BCUT2D eigenvalue weighted by molar-refractivity contribution is 6.08. The standard InChI is InChI=1S/C25H23FN6O/c1-15(16-5-4-6-19(26)11-16)28-24(33)21-14-31(3)22-8-7-17(12-20(21)22)18-9-10-32-23(13-18)29-25(27-2)30-32/h4-15H,1-3H3,(H,27,30)(H,28,33)/t15-/m0/s1. The molecule has 0 aliphatic carbocycles. The second-order valence-electron chi connectivity index (χ2n) is 8.04. The van der Waals surface area contributed by atoms with Gasteiger partial charge in [0.25, 0.3) is 5.91 Å². The minimum atomic E-state index is -0.330. The van der Waals surface area contributed by atoms with Gasteiger partial charge in [0.15, 0.2) is 5.65 Å². The summed E-state index contributed by atoms with van der Waals surface area (Å²) >= 11 is 0. The maximum Gasteiger partial charge on any atom is 0.253 e. The van der Waals surface area contributed by atoms with E-state index in [1.807, 2.05) is 61.3 Å². The topological polar surface area (TPSA) is 76.2 Å². The molecule has 3 heterocycles. The molecule has 0 fully saturated rings. The van der Waals surface area contributed by atoms with Gasteiger partial charge in [0.05, 0.1) is 11.6 Å². The minimum Gasteiger partial charge on any atom is -0.356 e. The van der Waals surface area contributed by atoms with E-state index in [1.165, 1.54) is 12.1 Å². The molecule has 33 heavy (non-hydrogen) atoms. The van der Waals surface area contributed by atoms with Crippen LogP contribution in [-0.2, 0) is 7.05 Å². The first-order chi connectivity index (χ1) is 15.9. The predicted molar refractivity (Wildman–Crippen MR) is 127 cm³/mol. The lowest BCUT2D eigenvalue weighted by Crippen LogP contribution is -2.26. The molecule has 0 saturated carbocycles. The maximum atomic E-state index is 13.6. The average molecular weight is 442 g/mol. The van der Waals surface area contributed by atoms with Crippen molar-refractivity contribution >= 4 is 28.4 Å². The van der Waals surface area contributed by atoms with Gasteiger partial charge in [0, 0.05) is 37.4 Å². The molecule has 0 aliphatic heterocycles. The van der Waals surface area contributed by atoms with Crippen LogP contribution in [0.5, 0.6) is 0 Å². The molecule has 0 radical (unpaired) electrons. The fourth-order valence-corrected chi connectivity index (χ4v) is 4.05. The summed E-state index contributed by atoms with van der Waals surface area (Å²) in [5.74, 6) is 0.0213. The quantitative estimate of drug-likeness (QED) is 0.418. The number of rotatable bonds is 5. The Labute approximate surface area is 189 Å². The summed E-state index contributed by atoms with van der Waals surface area (Å²) in [5.41, 5.74) is 4.90. The number of halogens is 1. The van der Waals surface area contributed by atoms with Gasteiger partial charge in [0.2, 0.25) is 5.95 Å². The van der Waals surface area contributed by atoms with Crippen molar-refractivity contribution in [2.45, 2.75) is 13.0 Å². The van der Waals surface area contributed by atoms with Crippen LogP contribution in [-0.4, -0.2) is 32.1 Å². The van der Waals surface area contributed by atoms with Crippen molar-refractivity contribution in [3.8, 4) is 11.1 Å². The molecule has 1 atom stereocenters. The molecule has 0 unspecified atom stereocenters. The van der Waals surface area contributed by atoms with Gasteiger partial charge in [-0.1, -0.05) is 18.2 Å². The summed E-state index contributed by atoms with van der Waals surface area (Å²) in [5, 5.41) is 11.1. The fourth-order valence-electron chi connectivity index (χ4n) is 4.05. The smallest absolute Gasteiger partial charge is 0.253 e. The first-order valence-corrected chi connectivity index (χ1v) is 10.6. The van der Waals surface area contributed by atoms with Gasteiger partial charge in [-0.25, -0.2) is 8.91 Å². The number of carbonyl (C=O) groups excluding carboxylic acids is 1. The van der Waals surface area contributed by atoms with E-state index in [0.717, 1.165) is 27.7 Å². The first kappa shape index (κ1) is 20.7. The number of benzene rings is 2. The van der Waals surface area contributed by atoms with Crippen molar-refractivity contribution in [2.75, 3.05) is 12.4 Å². The number of nitrogens with zero attached hydrogens (tertiary/aromatic N) is 4. The number of aryl methyl sites for hydroxylation is 1.